The van der Waals surface area contributed by atoms with Gasteiger partial charge in [0.2, 0.25) is 0 Å². The van der Waals surface area contributed by atoms with Gasteiger partial charge >= 0.3 is 5.97 Å². The van der Waals surface area contributed by atoms with Gasteiger partial charge in [0.25, 0.3) is 0 Å². The zero-order valence-corrected chi connectivity index (χ0v) is 13.1. The lowest BCUT2D eigenvalue weighted by atomic mass is 10.1. The van der Waals surface area contributed by atoms with Crippen molar-refractivity contribution in [1.82, 2.24) is 0 Å². The number of carbonyl (C=O) groups is 1. The molecule has 110 valence electrons. The van der Waals surface area contributed by atoms with Gasteiger partial charge in [0, 0.05) is 11.3 Å². The second-order valence-electron chi connectivity index (χ2n) is 5.71. The van der Waals surface area contributed by atoms with E-state index in [-0.39, 0.29) is 18.0 Å². The van der Waals surface area contributed by atoms with E-state index in [1.54, 1.807) is 0 Å². The SMILES string of the molecule is COC(=O)CC(C)=Nc1cccc(OC(C)(C)C)c1C. The van der Waals surface area contributed by atoms with Gasteiger partial charge in [-0.15, -0.1) is 0 Å². The standard InChI is InChI=1S/C16H23NO3/c1-11(10-15(18)19-6)17-13-8-7-9-14(12(13)2)20-16(3,4)5/h7-9H,10H2,1-6H3. The van der Waals surface area contributed by atoms with Crippen molar-refractivity contribution in [3.8, 4) is 5.75 Å². The topological polar surface area (TPSA) is 47.9 Å². The number of ether oxygens (including phenoxy) is 2. The van der Waals surface area contributed by atoms with Crippen molar-refractivity contribution >= 4 is 17.4 Å². The van der Waals surface area contributed by atoms with E-state index in [1.807, 2.05) is 52.8 Å². The highest BCUT2D eigenvalue weighted by atomic mass is 16.5. The fourth-order valence-corrected chi connectivity index (χ4v) is 1.69. The second kappa shape index (κ2) is 6.55. The predicted molar refractivity (Wildman–Crippen MR) is 81.0 cm³/mol. The highest BCUT2D eigenvalue weighted by molar-refractivity contribution is 5.98. The van der Waals surface area contributed by atoms with Crippen LogP contribution in [0.4, 0.5) is 5.69 Å². The fraction of sp³-hybridized carbons (Fsp3) is 0.500. The molecule has 0 aliphatic carbocycles. The summed E-state index contributed by atoms with van der Waals surface area (Å²) in [6, 6.07) is 5.74. The molecule has 0 aromatic heterocycles. The summed E-state index contributed by atoms with van der Waals surface area (Å²) >= 11 is 0. The minimum Gasteiger partial charge on any atom is -0.488 e. The number of methoxy groups -OCH3 is 1. The van der Waals surface area contributed by atoms with Gasteiger partial charge in [0.1, 0.15) is 11.4 Å². The molecule has 0 aliphatic heterocycles. The fourth-order valence-electron chi connectivity index (χ4n) is 1.69. The molecule has 0 saturated carbocycles. The lowest BCUT2D eigenvalue weighted by Crippen LogP contribution is -2.23. The molecule has 4 nitrogen and oxygen atoms in total. The molecular weight excluding hydrogens is 254 g/mol. The molecule has 1 rings (SSSR count). The second-order valence-corrected chi connectivity index (χ2v) is 5.71. The van der Waals surface area contributed by atoms with Crippen LogP contribution in [0, 0.1) is 6.92 Å². The van der Waals surface area contributed by atoms with Crippen molar-refractivity contribution in [1.29, 1.82) is 0 Å². The minimum atomic E-state index is -0.286. The first-order chi connectivity index (χ1) is 9.23. The van der Waals surface area contributed by atoms with Gasteiger partial charge < -0.3 is 9.47 Å². The molecule has 20 heavy (non-hydrogen) atoms. The number of benzene rings is 1. The Bertz CT molecular complexity index is 513. The van der Waals surface area contributed by atoms with Crippen molar-refractivity contribution in [2.75, 3.05) is 7.11 Å². The molecular formula is C16H23NO3. The van der Waals surface area contributed by atoms with Crippen molar-refractivity contribution in [3.63, 3.8) is 0 Å². The van der Waals surface area contributed by atoms with Crippen LogP contribution in [0.15, 0.2) is 23.2 Å². The van der Waals surface area contributed by atoms with Crippen molar-refractivity contribution in [2.24, 2.45) is 4.99 Å². The van der Waals surface area contributed by atoms with Gasteiger partial charge in [-0.05, 0) is 46.8 Å². The summed E-state index contributed by atoms with van der Waals surface area (Å²) in [4.78, 5) is 15.7. The molecule has 0 heterocycles. The molecule has 1 aromatic rings. The van der Waals surface area contributed by atoms with Crippen molar-refractivity contribution in [3.05, 3.63) is 23.8 Å². The molecule has 0 amide bonds. The quantitative estimate of drug-likeness (QED) is 0.620. The third-order valence-electron chi connectivity index (χ3n) is 2.61. The Hall–Kier alpha value is -1.84. The van der Waals surface area contributed by atoms with Crippen molar-refractivity contribution < 1.29 is 14.3 Å². The van der Waals surface area contributed by atoms with Crippen LogP contribution in [0.25, 0.3) is 0 Å². The van der Waals surface area contributed by atoms with Crippen LogP contribution in [-0.2, 0) is 9.53 Å². The average molecular weight is 277 g/mol. The van der Waals surface area contributed by atoms with Gasteiger partial charge in [-0.25, -0.2) is 0 Å². The maximum absolute atomic E-state index is 11.2. The maximum Gasteiger partial charge on any atom is 0.311 e. The van der Waals surface area contributed by atoms with Gasteiger partial charge in [0.05, 0.1) is 19.2 Å². The van der Waals surface area contributed by atoms with Gasteiger partial charge in [-0.3, -0.25) is 9.79 Å². The van der Waals surface area contributed by atoms with Crippen LogP contribution < -0.4 is 4.74 Å². The van der Waals surface area contributed by atoms with Crippen LogP contribution in [0.2, 0.25) is 0 Å². The van der Waals surface area contributed by atoms with Crippen LogP contribution in [0.5, 0.6) is 5.75 Å². The Balaban J connectivity index is 3.00. The van der Waals surface area contributed by atoms with Crippen LogP contribution >= 0.6 is 0 Å². The average Bonchev–Trinajstić information content (AvgIpc) is 2.32. The van der Waals surface area contributed by atoms with Crippen molar-refractivity contribution in [2.45, 2.75) is 46.6 Å². The number of hydrogen-bond acceptors (Lipinski definition) is 4. The molecule has 0 N–H and O–H groups in total. The largest absolute Gasteiger partial charge is 0.488 e. The summed E-state index contributed by atoms with van der Waals surface area (Å²) < 4.78 is 10.5. The van der Waals surface area contributed by atoms with Crippen LogP contribution in [-0.4, -0.2) is 24.4 Å². The molecule has 0 spiro atoms. The van der Waals surface area contributed by atoms with E-state index in [0.717, 1.165) is 17.0 Å². The van der Waals surface area contributed by atoms with E-state index >= 15 is 0 Å². The molecule has 0 fully saturated rings. The predicted octanol–water partition coefficient (Wildman–Crippen LogP) is 3.83. The lowest BCUT2D eigenvalue weighted by molar-refractivity contribution is -0.139. The Labute approximate surface area is 120 Å². The first-order valence-corrected chi connectivity index (χ1v) is 6.62. The number of carbonyl (C=O) groups excluding carboxylic acids is 1. The number of rotatable bonds is 4. The molecule has 0 saturated heterocycles. The first-order valence-electron chi connectivity index (χ1n) is 6.62. The Morgan fingerprint density at radius 2 is 1.95 bits per heavy atom. The van der Waals surface area contributed by atoms with E-state index in [2.05, 4.69) is 9.73 Å². The zero-order chi connectivity index (χ0) is 15.3. The van der Waals surface area contributed by atoms with E-state index in [0.29, 0.717) is 5.71 Å². The molecule has 0 unspecified atom stereocenters. The summed E-state index contributed by atoms with van der Waals surface area (Å²) in [7, 11) is 1.37. The highest BCUT2D eigenvalue weighted by Gasteiger charge is 2.14. The molecule has 0 bridgehead atoms. The summed E-state index contributed by atoms with van der Waals surface area (Å²) in [5, 5.41) is 0. The number of hydrogen-bond donors (Lipinski definition) is 0. The van der Waals surface area contributed by atoms with Crippen LogP contribution in [0.1, 0.15) is 39.7 Å². The molecule has 0 aliphatic rings. The Kier molecular flexibility index (Phi) is 5.31. The maximum atomic E-state index is 11.2. The number of esters is 1. The van der Waals surface area contributed by atoms with E-state index < -0.39 is 0 Å². The summed E-state index contributed by atoms with van der Waals surface area (Å²) in [6.45, 7) is 9.79. The summed E-state index contributed by atoms with van der Waals surface area (Å²) in [5.41, 5.74) is 2.24. The van der Waals surface area contributed by atoms with E-state index in [1.165, 1.54) is 7.11 Å². The molecule has 0 atom stereocenters. The monoisotopic (exact) mass is 277 g/mol. The zero-order valence-electron chi connectivity index (χ0n) is 13.1. The lowest BCUT2D eigenvalue weighted by Gasteiger charge is -2.23. The summed E-state index contributed by atoms with van der Waals surface area (Å²) in [6.07, 6.45) is 0.195. The van der Waals surface area contributed by atoms with Crippen LogP contribution in [0.3, 0.4) is 0 Å². The number of aliphatic imine (C=N–C) groups is 1. The van der Waals surface area contributed by atoms with Gasteiger partial charge in [-0.2, -0.15) is 0 Å². The summed E-state index contributed by atoms with van der Waals surface area (Å²) in [5.74, 6) is 0.524. The first kappa shape index (κ1) is 16.2. The van der Waals surface area contributed by atoms with Gasteiger partial charge in [-0.1, -0.05) is 6.07 Å². The molecule has 1 aromatic carbocycles. The Morgan fingerprint density at radius 3 is 2.50 bits per heavy atom. The third-order valence-corrected chi connectivity index (χ3v) is 2.61. The number of nitrogens with zero attached hydrogens (tertiary/aromatic N) is 1. The normalized spacial score (nSPS) is 12.2. The minimum absolute atomic E-state index is 0.195. The smallest absolute Gasteiger partial charge is 0.311 e. The highest BCUT2D eigenvalue weighted by Crippen LogP contribution is 2.30. The third kappa shape index (κ3) is 5.03. The molecule has 4 heteroatoms. The van der Waals surface area contributed by atoms with E-state index in [4.69, 9.17) is 4.74 Å². The Morgan fingerprint density at radius 1 is 1.30 bits per heavy atom. The van der Waals surface area contributed by atoms with E-state index in [9.17, 15) is 4.79 Å². The molecule has 0 radical (unpaired) electrons. The van der Waals surface area contributed by atoms with Gasteiger partial charge in [0.15, 0.2) is 0 Å².